The third-order valence-corrected chi connectivity index (χ3v) is 4.87. The number of hydrogen-bond acceptors (Lipinski definition) is 6. The van der Waals surface area contributed by atoms with E-state index in [4.69, 9.17) is 9.84 Å². The first-order chi connectivity index (χ1) is 10.9. The highest BCUT2D eigenvalue weighted by atomic mass is 32.2. The molecule has 0 aromatic rings. The molecule has 0 saturated carbocycles. The Morgan fingerprint density at radius 1 is 1.35 bits per heavy atom. The fraction of sp³-hybridized carbons (Fsp3) is 0.462. The van der Waals surface area contributed by atoms with E-state index in [0.29, 0.717) is 0 Å². The summed E-state index contributed by atoms with van der Waals surface area (Å²) in [5.41, 5.74) is 0.141. The average molecular weight is 341 g/mol. The molecule has 0 radical (unpaired) electrons. The van der Waals surface area contributed by atoms with Crippen LogP contribution in [0.3, 0.4) is 0 Å². The first kappa shape index (κ1) is 15.7. The van der Waals surface area contributed by atoms with Crippen LogP contribution in [-0.4, -0.2) is 79.1 Å². The van der Waals surface area contributed by atoms with E-state index < -0.39 is 28.0 Å². The number of hydrogen-bond donors (Lipinski definition) is 1. The average Bonchev–Trinajstić information content (AvgIpc) is 2.53. The molecule has 1 N–H and O–H groups in total. The molecule has 0 aromatic heterocycles. The number of carbonyl (C=O) groups is 2. The third-order valence-electron chi connectivity index (χ3n) is 3.72. The highest BCUT2D eigenvalue weighted by Crippen LogP contribution is 2.20. The number of ether oxygens (including phenoxy) is 1. The number of amidine groups is 1. The van der Waals surface area contributed by atoms with Crippen molar-refractivity contribution in [2.24, 2.45) is 4.40 Å². The molecule has 1 atom stereocenters. The summed E-state index contributed by atoms with van der Waals surface area (Å²) in [6.45, 7) is 0.489. The first-order valence-electron chi connectivity index (χ1n) is 6.99. The summed E-state index contributed by atoms with van der Waals surface area (Å²) in [5.74, 6) is -1.62. The van der Waals surface area contributed by atoms with Crippen molar-refractivity contribution in [2.45, 2.75) is 6.10 Å². The zero-order chi connectivity index (χ0) is 16.6. The second kappa shape index (κ2) is 5.78. The molecule has 3 aliphatic rings. The molecule has 0 bridgehead atoms. The number of morpholine rings is 1. The van der Waals surface area contributed by atoms with Crippen LogP contribution in [-0.2, 0) is 24.3 Å². The number of sulfonamides is 1. The van der Waals surface area contributed by atoms with Gasteiger partial charge >= 0.3 is 5.97 Å². The van der Waals surface area contributed by atoms with Crippen molar-refractivity contribution in [3.05, 3.63) is 23.9 Å². The minimum absolute atomic E-state index is 0.0853. The van der Waals surface area contributed by atoms with Crippen molar-refractivity contribution in [3.63, 3.8) is 0 Å². The lowest BCUT2D eigenvalue weighted by molar-refractivity contribution is -0.158. The van der Waals surface area contributed by atoms with Gasteiger partial charge in [-0.1, -0.05) is 0 Å². The van der Waals surface area contributed by atoms with Gasteiger partial charge in [-0.2, -0.15) is 0 Å². The van der Waals surface area contributed by atoms with Gasteiger partial charge in [-0.15, -0.1) is 4.40 Å². The molecular formula is C13H15N3O6S. The minimum atomic E-state index is -3.59. The summed E-state index contributed by atoms with van der Waals surface area (Å²) < 4.78 is 32.2. The van der Waals surface area contributed by atoms with Crippen molar-refractivity contribution in [3.8, 4) is 0 Å². The molecular weight excluding hydrogens is 326 g/mol. The van der Waals surface area contributed by atoms with E-state index in [0.717, 1.165) is 0 Å². The van der Waals surface area contributed by atoms with E-state index in [-0.39, 0.29) is 43.4 Å². The molecule has 23 heavy (non-hydrogen) atoms. The minimum Gasteiger partial charge on any atom is -0.479 e. The maximum absolute atomic E-state index is 12.7. The van der Waals surface area contributed by atoms with Gasteiger partial charge in [-0.25, -0.2) is 13.2 Å². The maximum Gasteiger partial charge on any atom is 0.334 e. The quantitative estimate of drug-likeness (QED) is 0.670. The van der Waals surface area contributed by atoms with E-state index >= 15 is 0 Å². The maximum atomic E-state index is 12.7. The summed E-state index contributed by atoms with van der Waals surface area (Å²) in [4.78, 5) is 26.6. The monoisotopic (exact) mass is 341 g/mol. The fourth-order valence-corrected chi connectivity index (χ4v) is 3.52. The molecule has 3 aliphatic heterocycles. The lowest BCUT2D eigenvalue weighted by Crippen LogP contribution is -2.51. The highest BCUT2D eigenvalue weighted by molar-refractivity contribution is 7.90. The lowest BCUT2D eigenvalue weighted by Gasteiger charge is -2.34. The number of carboxylic acid groups (broad SMARTS) is 1. The summed E-state index contributed by atoms with van der Waals surface area (Å²) in [6.07, 6.45) is 3.70. The van der Waals surface area contributed by atoms with Crippen LogP contribution < -0.4 is 0 Å². The van der Waals surface area contributed by atoms with Gasteiger partial charge in [0, 0.05) is 19.3 Å². The number of rotatable bonds is 2. The third kappa shape index (κ3) is 3.13. The van der Waals surface area contributed by atoms with Crippen LogP contribution in [0.15, 0.2) is 28.3 Å². The van der Waals surface area contributed by atoms with E-state index in [1.807, 2.05) is 0 Å². The van der Waals surface area contributed by atoms with E-state index in [1.54, 1.807) is 17.2 Å². The van der Waals surface area contributed by atoms with Crippen LogP contribution in [0.4, 0.5) is 0 Å². The first-order valence-corrected chi connectivity index (χ1v) is 8.60. The lowest BCUT2D eigenvalue weighted by atomic mass is 10.1. The van der Waals surface area contributed by atoms with Gasteiger partial charge < -0.3 is 19.6 Å². The Labute approximate surface area is 132 Å². The molecule has 1 amide bonds. The van der Waals surface area contributed by atoms with Crippen LogP contribution >= 0.6 is 0 Å². The Kier molecular flexibility index (Phi) is 3.94. The number of nitrogens with zero attached hydrogens (tertiary/aromatic N) is 3. The van der Waals surface area contributed by atoms with Crippen LogP contribution in [0.25, 0.3) is 0 Å². The molecule has 3 heterocycles. The highest BCUT2D eigenvalue weighted by Gasteiger charge is 2.35. The van der Waals surface area contributed by atoms with E-state index in [2.05, 4.69) is 4.40 Å². The van der Waals surface area contributed by atoms with Gasteiger partial charge in [0.05, 0.1) is 24.5 Å². The number of carboxylic acids is 1. The van der Waals surface area contributed by atoms with Crippen LogP contribution in [0, 0.1) is 0 Å². The molecule has 0 aromatic carbocycles. The Morgan fingerprint density at radius 2 is 2.13 bits per heavy atom. The number of fused-ring (bicyclic) bond motifs is 1. The molecule has 9 nitrogen and oxygen atoms in total. The number of carbonyl (C=O) groups excluding carboxylic acids is 1. The Hall–Kier alpha value is -2.20. The second-order valence-electron chi connectivity index (χ2n) is 5.27. The van der Waals surface area contributed by atoms with Gasteiger partial charge in [0.25, 0.3) is 15.9 Å². The van der Waals surface area contributed by atoms with Gasteiger partial charge in [0.1, 0.15) is 0 Å². The summed E-state index contributed by atoms with van der Waals surface area (Å²) in [7, 11) is -3.59. The molecule has 1 saturated heterocycles. The molecule has 10 heteroatoms. The van der Waals surface area contributed by atoms with Gasteiger partial charge in [-0.05, 0) is 12.2 Å². The van der Waals surface area contributed by atoms with Crippen LogP contribution in [0.2, 0.25) is 0 Å². The Balaban J connectivity index is 1.86. The molecule has 0 spiro atoms. The zero-order valence-electron chi connectivity index (χ0n) is 12.1. The van der Waals surface area contributed by atoms with Gasteiger partial charge in [0.2, 0.25) is 0 Å². The van der Waals surface area contributed by atoms with Crippen LogP contribution in [0.1, 0.15) is 0 Å². The predicted octanol–water partition coefficient (Wildman–Crippen LogP) is -1.20. The van der Waals surface area contributed by atoms with Crippen molar-refractivity contribution < 1.29 is 27.9 Å². The summed E-state index contributed by atoms with van der Waals surface area (Å²) >= 11 is 0. The molecule has 3 rings (SSSR count). The normalized spacial score (nSPS) is 26.2. The Bertz CT molecular complexity index is 739. The molecule has 124 valence electrons. The smallest absolute Gasteiger partial charge is 0.334 e. The SMILES string of the molecule is O=C(O)C1CN(C(=O)C2=CC=CN3CCS(=O)(=O)N=C23)CCO1. The van der Waals surface area contributed by atoms with Crippen molar-refractivity contribution in [2.75, 3.05) is 32.0 Å². The zero-order valence-corrected chi connectivity index (χ0v) is 12.9. The summed E-state index contributed by atoms with van der Waals surface area (Å²) in [5, 5.41) is 9.00. The van der Waals surface area contributed by atoms with Crippen molar-refractivity contribution in [1.29, 1.82) is 0 Å². The molecule has 0 aliphatic carbocycles. The van der Waals surface area contributed by atoms with Gasteiger partial charge in [0.15, 0.2) is 11.9 Å². The van der Waals surface area contributed by atoms with E-state index in [9.17, 15) is 18.0 Å². The molecule has 1 fully saturated rings. The largest absolute Gasteiger partial charge is 0.479 e. The molecule has 1 unspecified atom stereocenters. The van der Waals surface area contributed by atoms with E-state index in [1.165, 1.54) is 11.0 Å². The summed E-state index contributed by atoms with van der Waals surface area (Å²) in [6, 6.07) is 0. The second-order valence-corrected chi connectivity index (χ2v) is 7.02. The van der Waals surface area contributed by atoms with Crippen LogP contribution in [0.5, 0.6) is 0 Å². The fourth-order valence-electron chi connectivity index (χ4n) is 2.54. The van der Waals surface area contributed by atoms with Gasteiger partial charge in [-0.3, -0.25) is 4.79 Å². The number of allylic oxidation sites excluding steroid dienone is 2. The predicted molar refractivity (Wildman–Crippen MR) is 79.1 cm³/mol. The topological polar surface area (TPSA) is 117 Å². The van der Waals surface area contributed by atoms with Crippen molar-refractivity contribution in [1.82, 2.24) is 9.80 Å². The number of aliphatic carboxylic acids is 1. The standard InChI is InChI=1S/C13H15N3O6S/c17-12(16-4-6-22-10(8-16)13(18)19)9-2-1-3-15-5-7-23(20,21)14-11(9)15/h1-3,10H,4-8H2,(H,18,19). The number of amides is 1. The van der Waals surface area contributed by atoms with Crippen molar-refractivity contribution >= 4 is 27.7 Å². The Morgan fingerprint density at radius 3 is 2.87 bits per heavy atom.